The summed E-state index contributed by atoms with van der Waals surface area (Å²) < 4.78 is 64.3. The van der Waals surface area contributed by atoms with Gasteiger partial charge in [-0.05, 0) is 214 Å². The summed E-state index contributed by atoms with van der Waals surface area (Å²) in [5, 5.41) is 7.13. The van der Waals surface area contributed by atoms with E-state index in [0.29, 0.717) is 0 Å². The Labute approximate surface area is 697 Å². The molecule has 0 bridgehead atoms. The Morgan fingerprint density at radius 1 is 0.250 bits per heavy atom. The number of nitrogens with zero attached hydrogens (tertiary/aromatic N) is 8. The molecule has 20 heteroatoms. The average Bonchev–Trinajstić information content (AvgIpc) is 0.960. The molecule has 0 aliphatic rings. The van der Waals surface area contributed by atoms with Crippen LogP contribution in [-0.4, -0.2) is 60.5 Å². The summed E-state index contributed by atoms with van der Waals surface area (Å²) in [5.74, 6) is -1.08. The van der Waals surface area contributed by atoms with Crippen LogP contribution in [0.2, 0.25) is 0 Å². The number of hydrogen-bond acceptors (Lipinski definition) is 8. The van der Waals surface area contributed by atoms with Gasteiger partial charge in [0.15, 0.2) is 34.6 Å². The number of carbonyl (C=O) groups excluding carboxylic acids is 2. The van der Waals surface area contributed by atoms with Gasteiger partial charge in [-0.3, -0.25) is 44.3 Å². The second kappa shape index (κ2) is 32.0. The molecule has 0 saturated heterocycles. The van der Waals surface area contributed by atoms with Crippen molar-refractivity contribution in [3.63, 3.8) is 0 Å². The van der Waals surface area contributed by atoms with Crippen LogP contribution in [0.3, 0.4) is 0 Å². The lowest BCUT2D eigenvalue weighted by Gasteiger charge is -2.31. The fraction of sp³-hybridized carbons (Fsp3) is 0.0200. The molecule has 0 aliphatic heterocycles. The first kappa shape index (κ1) is 77.0. The molecule has 10 aromatic carbocycles. The van der Waals surface area contributed by atoms with Gasteiger partial charge in [-0.2, -0.15) is 0 Å². The number of rotatable bonds is 31. The van der Waals surface area contributed by atoms with Gasteiger partial charge in [0, 0.05) is 92.7 Å². The van der Waals surface area contributed by atoms with Crippen molar-refractivity contribution < 1.29 is 37.2 Å². The average molecular weight is 1640 g/mol. The van der Waals surface area contributed by atoms with Crippen molar-refractivity contribution in [3.05, 3.63) is 389 Å². The van der Waals surface area contributed by atoms with Crippen molar-refractivity contribution >= 4 is 181 Å². The second-order valence-electron chi connectivity index (χ2n) is 28.3. The van der Waals surface area contributed by atoms with Gasteiger partial charge in [0.25, 0.3) is 0 Å². The highest BCUT2D eigenvalue weighted by Crippen LogP contribution is 2.65. The first-order valence-electron chi connectivity index (χ1n) is 38.4. The molecule has 0 saturated carbocycles. The minimum Gasteiger partial charge on any atom is -0.492 e. The Bertz CT molecular complexity index is 6600. The largest absolute Gasteiger partial charge is 0.492 e. The number of aromatic nitrogens is 8. The Morgan fingerprint density at radius 2 is 0.433 bits per heavy atom. The molecule has 0 fully saturated rings. The fourth-order valence-corrected chi connectivity index (χ4v) is 22.7. The molecule has 16 nitrogen and oxygen atoms in total. The molecule has 0 amide bonds. The summed E-state index contributed by atoms with van der Waals surface area (Å²) >= 11 is 0. The summed E-state index contributed by atoms with van der Waals surface area (Å²) in [7, 11) is -6.23. The summed E-state index contributed by atoms with van der Waals surface area (Å²) in [5.41, 5.74) is 13.9. The van der Waals surface area contributed by atoms with Gasteiger partial charge >= 0.3 is 33.8 Å². The van der Waals surface area contributed by atoms with E-state index in [1.807, 2.05) is 220 Å². The van der Waals surface area contributed by atoms with Gasteiger partial charge in [-0.1, -0.05) is 163 Å². The molecule has 0 unspecified atom stereocenters. The van der Waals surface area contributed by atoms with Crippen molar-refractivity contribution in [3.8, 4) is 45.6 Å². The Hall–Kier alpha value is -14.2. The zero-order chi connectivity index (χ0) is 82.7. The normalized spacial score (nSPS) is 11.6. The van der Waals surface area contributed by atoms with E-state index in [-0.39, 0.29) is 56.8 Å². The van der Waals surface area contributed by atoms with E-state index in [1.165, 1.54) is 26.4 Å². The van der Waals surface area contributed by atoms with E-state index < -0.39 is 45.4 Å². The van der Waals surface area contributed by atoms with Crippen molar-refractivity contribution in [1.82, 2.24) is 34.7 Å². The highest BCUT2D eigenvalue weighted by Gasteiger charge is 2.41. The fourth-order valence-electron chi connectivity index (χ4n) is 15.5. The maximum atomic E-state index is 15.9. The van der Waals surface area contributed by atoms with Crippen LogP contribution in [0.5, 0.6) is 34.5 Å². The third-order valence-electron chi connectivity index (χ3n) is 21.6. The molecular weight excluding hydrogens is 1570 g/mol. The van der Waals surface area contributed by atoms with Crippen LogP contribution in [-0.2, 0) is 0 Å². The lowest BCUT2D eigenvalue weighted by Crippen LogP contribution is -2.13. The molecule has 0 aliphatic carbocycles. The molecule has 18 aromatic rings. The molecule has 0 atom stereocenters. The van der Waals surface area contributed by atoms with E-state index >= 15 is 9.59 Å². The predicted molar refractivity (Wildman–Crippen MR) is 504 cm³/mol. The number of carbonyl (C=O) groups is 2. The maximum absolute atomic E-state index is 15.9. The first-order chi connectivity index (χ1) is 58.7. The molecule has 18 rings (SSSR count). The SMILES string of the molecule is C=CC(=O)c1cc(OP(n2ccc3cc(C=C)ccc32)n2ccc3cc(C=C)ccc32)c(-c2c(OP(n3ccc4cc(C=C)ccc43)n3ccc4cc(C=C)ccc43)cc(C(=O)C=C)c(OC)c2OP(n2ccc3cc(C=C)ccc32)n2ccc3cc(C=C)ccc32)c(OP(n2ccc3cc(C=C)ccc32)n2ccc3cc(C=C)ccc32)c1OC. The molecule has 120 heavy (non-hydrogen) atoms. The molecule has 0 radical (unpaired) electrons. The van der Waals surface area contributed by atoms with E-state index in [0.717, 1.165) is 132 Å². The highest BCUT2D eigenvalue weighted by molar-refractivity contribution is 7.51. The molecule has 8 aromatic heterocycles. The predicted octanol–water partition coefficient (Wildman–Crippen LogP) is 27.7. The lowest BCUT2D eigenvalue weighted by atomic mass is 9.94. The number of benzene rings is 10. The molecule has 586 valence electrons. The molecule has 8 heterocycles. The van der Waals surface area contributed by atoms with Gasteiger partial charge in [-0.15, -0.1) is 0 Å². The van der Waals surface area contributed by atoms with Crippen LogP contribution in [0, 0.1) is 0 Å². The summed E-state index contributed by atoms with van der Waals surface area (Å²) in [6.07, 6.45) is 33.0. The van der Waals surface area contributed by atoms with E-state index in [2.05, 4.69) is 173 Å². The van der Waals surface area contributed by atoms with E-state index in [9.17, 15) is 0 Å². The molecule has 0 spiro atoms. The van der Waals surface area contributed by atoms with Crippen LogP contribution in [0.1, 0.15) is 65.2 Å². The van der Waals surface area contributed by atoms with E-state index in [4.69, 9.17) is 27.6 Å². The number of hydrogen-bond donors (Lipinski definition) is 0. The third kappa shape index (κ3) is 13.4. The number of methoxy groups -OCH3 is 2. The van der Waals surface area contributed by atoms with Crippen molar-refractivity contribution in [2.24, 2.45) is 0 Å². The van der Waals surface area contributed by atoms with E-state index in [1.54, 1.807) is 12.1 Å². The summed E-state index contributed by atoms with van der Waals surface area (Å²) in [6, 6.07) is 68.9. The van der Waals surface area contributed by atoms with Crippen molar-refractivity contribution in [2.45, 2.75) is 0 Å². The zero-order valence-electron chi connectivity index (χ0n) is 65.7. The Balaban J connectivity index is 1.04. The number of fused-ring (bicyclic) bond motifs is 8. The quantitative estimate of drug-likeness (QED) is 0.0239. The minimum atomic E-state index is -2.33. The second-order valence-corrected chi connectivity index (χ2v) is 34.5. The van der Waals surface area contributed by atoms with Crippen LogP contribution < -0.4 is 27.6 Å². The van der Waals surface area contributed by atoms with Gasteiger partial charge in [0.05, 0.1) is 80.6 Å². The van der Waals surface area contributed by atoms with Crippen LogP contribution in [0.4, 0.5) is 0 Å². The zero-order valence-corrected chi connectivity index (χ0v) is 69.3. The molecule has 0 N–H and O–H groups in total. The number of ketones is 2. The number of allylic oxidation sites excluding steroid dienone is 2. The van der Waals surface area contributed by atoms with Gasteiger partial charge < -0.3 is 27.6 Å². The monoisotopic (exact) mass is 1640 g/mol. The Morgan fingerprint density at radius 3 is 0.600 bits per heavy atom. The lowest BCUT2D eigenvalue weighted by molar-refractivity contribution is 0.103. The third-order valence-corrected chi connectivity index (χ3v) is 28.7. The van der Waals surface area contributed by atoms with Crippen LogP contribution >= 0.6 is 33.8 Å². The topological polar surface area (TPSA) is 129 Å². The minimum absolute atomic E-state index is 0.0128. The standard InChI is InChI=1S/C100H78N8O8P4/c1-13-65-23-31-83-73(55-65)39-47-101(83)117(102-48-40-74-56-66(14-2)24-32-84(74)102)113-93-63-81(91(109)21-9)97(111-11)99(115-119(105-51-43-77-59-69(17-5)27-35-87(77)105)106-52-44-78-60-70(18-6)28-36-88(78)106)95(93)96-94(114-118(103-49-41-75-57-67(15-3)25-33-85(75)103)104-50-42-76-58-68(16-4)26-34-86(76)104)64-82(92(110)22-10)98(112-12)100(96)116-120(107-53-45-79-61-71(19-7)29-37-89(79)107)108-54-46-80-62-72(20-8)30-38-90(80)108/h13-64H,1-10H2,11-12H3. The van der Waals surface area contributed by atoms with Gasteiger partial charge in [-0.25, -0.2) is 0 Å². The first-order valence-corrected chi connectivity index (χ1v) is 43.0. The van der Waals surface area contributed by atoms with Crippen LogP contribution in [0.15, 0.2) is 334 Å². The van der Waals surface area contributed by atoms with Gasteiger partial charge in [0.1, 0.15) is 11.5 Å². The summed E-state index contributed by atoms with van der Waals surface area (Å²) in [6.45, 7) is 41.6. The Kier molecular flexibility index (Phi) is 20.5. The summed E-state index contributed by atoms with van der Waals surface area (Å²) in [4.78, 5) is 31.7. The van der Waals surface area contributed by atoms with Crippen molar-refractivity contribution in [2.75, 3.05) is 14.2 Å². The highest BCUT2D eigenvalue weighted by atomic mass is 31.2. The smallest absolute Gasteiger partial charge is 0.318 e. The van der Waals surface area contributed by atoms with Crippen LogP contribution in [0.25, 0.3) is 147 Å². The number of ether oxygens (including phenoxy) is 2. The van der Waals surface area contributed by atoms with Gasteiger partial charge in [0.2, 0.25) is 0 Å². The maximum Gasteiger partial charge on any atom is 0.318 e. The molecular formula is C100H78N8O8P4. The van der Waals surface area contributed by atoms with Crippen molar-refractivity contribution in [1.29, 1.82) is 0 Å².